The summed E-state index contributed by atoms with van der Waals surface area (Å²) in [5.41, 5.74) is 3.30. The van der Waals surface area contributed by atoms with Crippen molar-refractivity contribution < 1.29 is 14.3 Å². The predicted octanol–water partition coefficient (Wildman–Crippen LogP) is 7.73. The van der Waals surface area contributed by atoms with Gasteiger partial charge in [-0.3, -0.25) is 14.2 Å². The number of methoxy groups -OCH3 is 1. The fourth-order valence-electron chi connectivity index (χ4n) is 4.20. The molecule has 0 aliphatic rings. The highest BCUT2D eigenvalue weighted by atomic mass is 79.9. The summed E-state index contributed by atoms with van der Waals surface area (Å²) in [6.45, 7) is 4.33. The van der Waals surface area contributed by atoms with E-state index in [-0.39, 0.29) is 17.4 Å². The van der Waals surface area contributed by atoms with E-state index < -0.39 is 0 Å². The lowest BCUT2D eigenvalue weighted by Crippen LogP contribution is -2.14. The Kier molecular flexibility index (Phi) is 9.71. The van der Waals surface area contributed by atoms with Crippen molar-refractivity contribution >= 4 is 73.6 Å². The normalized spacial score (nSPS) is 11.1. The zero-order valence-corrected chi connectivity index (χ0v) is 26.1. The fraction of sp³-hybridized carbons (Fsp3) is 0.0938. The predicted molar refractivity (Wildman–Crippen MR) is 176 cm³/mol. The van der Waals surface area contributed by atoms with E-state index in [9.17, 15) is 9.59 Å². The molecule has 0 aliphatic heterocycles. The number of hydrogen-bond acceptors (Lipinski definition) is 7. The molecule has 1 amide bonds. The summed E-state index contributed by atoms with van der Waals surface area (Å²) in [4.78, 5) is 29.9. The van der Waals surface area contributed by atoms with Crippen LogP contribution in [0.5, 0.6) is 5.75 Å². The molecular weight excluding hydrogens is 650 g/mol. The second-order valence-electron chi connectivity index (χ2n) is 9.25. The zero-order chi connectivity index (χ0) is 30.3. The van der Waals surface area contributed by atoms with Crippen LogP contribution >= 0.6 is 39.3 Å². The lowest BCUT2D eigenvalue weighted by atomic mass is 10.1. The van der Waals surface area contributed by atoms with Gasteiger partial charge in [-0.2, -0.15) is 0 Å². The molecule has 0 atom stereocenters. The van der Waals surface area contributed by atoms with Gasteiger partial charge in [0.05, 0.1) is 18.4 Å². The first-order chi connectivity index (χ1) is 20.8. The average molecular weight is 675 g/mol. The lowest BCUT2D eigenvalue weighted by Gasteiger charge is -2.08. The van der Waals surface area contributed by atoms with Crippen LogP contribution in [-0.2, 0) is 11.3 Å². The monoisotopic (exact) mass is 673 g/mol. The maximum Gasteiger partial charge on any atom is 0.234 e. The SMILES string of the molecule is C=CCn1c(SCC(=O)Nc2ccc(C(=O)/C=C/c3cc4cc(OC)ccc4nc3Cl)cc2)nnc1-c1ccc(Br)cc1. The van der Waals surface area contributed by atoms with Gasteiger partial charge in [0.25, 0.3) is 0 Å². The van der Waals surface area contributed by atoms with Crippen molar-refractivity contribution in [1.29, 1.82) is 0 Å². The number of nitrogens with zero attached hydrogens (tertiary/aromatic N) is 4. The van der Waals surface area contributed by atoms with Crippen LogP contribution in [0.2, 0.25) is 5.15 Å². The van der Waals surface area contributed by atoms with Crippen LogP contribution in [0.1, 0.15) is 15.9 Å². The molecule has 216 valence electrons. The first-order valence-corrected chi connectivity index (χ1v) is 15.2. The highest BCUT2D eigenvalue weighted by molar-refractivity contribution is 9.10. The number of carbonyl (C=O) groups is 2. The van der Waals surface area contributed by atoms with E-state index >= 15 is 0 Å². The summed E-state index contributed by atoms with van der Waals surface area (Å²) < 4.78 is 8.16. The molecule has 5 rings (SSSR count). The number of hydrogen-bond donors (Lipinski definition) is 1. The third-order valence-electron chi connectivity index (χ3n) is 6.33. The van der Waals surface area contributed by atoms with Crippen LogP contribution in [0, 0.1) is 0 Å². The first kappa shape index (κ1) is 30.2. The number of fused-ring (bicyclic) bond motifs is 1. The van der Waals surface area contributed by atoms with E-state index in [1.165, 1.54) is 17.8 Å². The molecule has 0 radical (unpaired) electrons. The van der Waals surface area contributed by atoms with Crippen molar-refractivity contribution in [2.45, 2.75) is 11.7 Å². The van der Waals surface area contributed by atoms with E-state index in [1.807, 2.05) is 53.1 Å². The van der Waals surface area contributed by atoms with E-state index in [1.54, 1.807) is 43.5 Å². The van der Waals surface area contributed by atoms with Crippen molar-refractivity contribution in [1.82, 2.24) is 19.7 Å². The Morgan fingerprint density at radius 1 is 1.07 bits per heavy atom. The Hall–Kier alpha value is -4.25. The summed E-state index contributed by atoms with van der Waals surface area (Å²) in [7, 11) is 1.60. The van der Waals surface area contributed by atoms with Gasteiger partial charge < -0.3 is 10.1 Å². The molecule has 0 saturated carbocycles. The van der Waals surface area contributed by atoms with E-state index in [0.717, 1.165) is 20.9 Å². The molecule has 11 heteroatoms. The Bertz CT molecular complexity index is 1840. The summed E-state index contributed by atoms with van der Waals surface area (Å²) in [6.07, 6.45) is 4.84. The van der Waals surface area contributed by atoms with Crippen LogP contribution in [0.15, 0.2) is 101 Å². The van der Waals surface area contributed by atoms with Crippen molar-refractivity contribution in [2.24, 2.45) is 0 Å². The van der Waals surface area contributed by atoms with E-state index in [2.05, 4.69) is 43.0 Å². The van der Waals surface area contributed by atoms with E-state index in [4.69, 9.17) is 16.3 Å². The molecule has 0 bridgehead atoms. The molecular formula is C32H25BrClN5O3S. The molecule has 0 aliphatic carbocycles. The molecule has 0 unspecified atom stereocenters. The summed E-state index contributed by atoms with van der Waals surface area (Å²) in [5, 5.41) is 13.2. The summed E-state index contributed by atoms with van der Waals surface area (Å²) in [5.74, 6) is 1.11. The molecule has 2 heterocycles. The molecule has 1 N–H and O–H groups in total. The Morgan fingerprint density at radius 2 is 1.84 bits per heavy atom. The molecule has 5 aromatic rings. The number of nitrogens with one attached hydrogen (secondary N) is 1. The maximum absolute atomic E-state index is 12.8. The Balaban J connectivity index is 1.20. The zero-order valence-electron chi connectivity index (χ0n) is 23.0. The largest absolute Gasteiger partial charge is 0.497 e. The third-order valence-corrected chi connectivity index (χ3v) is 8.13. The molecule has 43 heavy (non-hydrogen) atoms. The second-order valence-corrected chi connectivity index (χ2v) is 11.5. The average Bonchev–Trinajstić information content (AvgIpc) is 3.41. The van der Waals surface area contributed by atoms with Gasteiger partial charge in [0, 0.05) is 38.8 Å². The Labute approximate surface area is 266 Å². The van der Waals surface area contributed by atoms with Crippen LogP contribution in [0.4, 0.5) is 5.69 Å². The van der Waals surface area contributed by atoms with Gasteiger partial charge in [-0.15, -0.1) is 16.8 Å². The molecule has 3 aromatic carbocycles. The van der Waals surface area contributed by atoms with Crippen molar-refractivity contribution in [3.63, 3.8) is 0 Å². The van der Waals surface area contributed by atoms with Gasteiger partial charge in [0.1, 0.15) is 10.9 Å². The standard InChI is InChI=1S/C32H25BrClN5O3S/c1-3-16-39-31(21-4-9-24(33)10-5-21)37-38-32(39)43-19-29(41)35-25-11-6-20(7-12-25)28(40)15-8-22-17-23-18-26(42-2)13-14-27(23)36-30(22)34/h3-15,17-18H,1,16,19H2,2H3,(H,35,41)/b15-8+. The highest BCUT2D eigenvalue weighted by Gasteiger charge is 2.15. The number of amides is 1. The lowest BCUT2D eigenvalue weighted by molar-refractivity contribution is -0.113. The van der Waals surface area contributed by atoms with Gasteiger partial charge in [-0.25, -0.2) is 4.98 Å². The number of pyridine rings is 1. The minimum absolute atomic E-state index is 0.130. The number of anilines is 1. The molecule has 2 aromatic heterocycles. The number of rotatable bonds is 11. The van der Waals surface area contributed by atoms with Gasteiger partial charge in [-0.05, 0) is 72.8 Å². The summed E-state index contributed by atoms with van der Waals surface area (Å²) >= 11 is 11.1. The number of carbonyl (C=O) groups excluding carboxylic acids is 2. The number of ketones is 1. The quantitative estimate of drug-likeness (QED) is 0.0503. The maximum atomic E-state index is 12.8. The topological polar surface area (TPSA) is 99.0 Å². The van der Waals surface area contributed by atoms with Gasteiger partial charge >= 0.3 is 0 Å². The Morgan fingerprint density at radius 3 is 2.56 bits per heavy atom. The van der Waals surface area contributed by atoms with E-state index in [0.29, 0.717) is 45.2 Å². The smallest absolute Gasteiger partial charge is 0.234 e. The first-order valence-electron chi connectivity index (χ1n) is 13.0. The van der Waals surface area contributed by atoms with Crippen LogP contribution in [-0.4, -0.2) is 44.3 Å². The minimum Gasteiger partial charge on any atom is -0.497 e. The number of ether oxygens (including phenoxy) is 1. The number of thioether (sulfide) groups is 1. The molecule has 0 spiro atoms. The molecule has 0 saturated heterocycles. The van der Waals surface area contributed by atoms with Crippen molar-refractivity contribution in [3.8, 4) is 17.1 Å². The highest BCUT2D eigenvalue weighted by Crippen LogP contribution is 2.27. The number of allylic oxidation sites excluding steroid dienone is 2. The number of aromatic nitrogens is 4. The van der Waals surface area contributed by atoms with Gasteiger partial charge in [0.15, 0.2) is 16.8 Å². The third kappa shape index (κ3) is 7.40. The van der Waals surface area contributed by atoms with Gasteiger partial charge in [-0.1, -0.05) is 57.5 Å². The minimum atomic E-state index is -0.211. The van der Waals surface area contributed by atoms with Crippen LogP contribution < -0.4 is 10.1 Å². The van der Waals surface area contributed by atoms with Gasteiger partial charge in [0.2, 0.25) is 5.91 Å². The molecule has 0 fully saturated rings. The second kappa shape index (κ2) is 13.8. The van der Waals surface area contributed by atoms with Crippen LogP contribution in [0.25, 0.3) is 28.4 Å². The fourth-order valence-corrected chi connectivity index (χ4v) is 5.42. The molecule has 8 nitrogen and oxygen atoms in total. The summed E-state index contributed by atoms with van der Waals surface area (Å²) in [6, 6.07) is 21.8. The van der Waals surface area contributed by atoms with Crippen molar-refractivity contribution in [3.05, 3.63) is 112 Å². The number of halogens is 2. The van der Waals surface area contributed by atoms with Crippen LogP contribution in [0.3, 0.4) is 0 Å². The van der Waals surface area contributed by atoms with Crippen molar-refractivity contribution in [2.75, 3.05) is 18.2 Å². The number of benzene rings is 3.